The van der Waals surface area contributed by atoms with Gasteiger partial charge in [-0.05, 0) is 118 Å². The van der Waals surface area contributed by atoms with Crippen LogP contribution in [0.1, 0.15) is 202 Å². The van der Waals surface area contributed by atoms with Crippen molar-refractivity contribution in [3.05, 3.63) is 85.1 Å². The Kier molecular flexibility index (Phi) is 58.4. The molecule has 770 valence electrons. The smallest absolute Gasteiger partial charge is 0.332 e. The molecule has 0 aromatic heterocycles. The third kappa shape index (κ3) is 51.7. The molecule has 0 bridgehead atoms. The number of amides is 13. The molecule has 13 amide bonds. The SMILES string of the molecule is CC(NC(=O)C=CC(=O)OC(C)N1CCCC1=O)N1CCCC1=O.CC(OC(=O)C=CC(=O)OC(C)N1CCCC1=O)N1CCCC1=O.COC(=O)C=CC(=O)NC(C)N1CCCC1=O.COC(=O)C=CC(=O)NCCN1CCCCCC1=O.COC(=O)C=CC(=O)OCCN1CCCCCC1=O.O=C(O)C=CC(=O)NCCN1CCCCCC1=O.O=C(O)C=CC(=O)OCCN1CCCCCC1=O. The third-order valence-corrected chi connectivity index (χ3v) is 21.8. The summed E-state index contributed by atoms with van der Waals surface area (Å²) in [6, 6.07) is 0. The molecule has 0 radical (unpaired) electrons. The van der Waals surface area contributed by atoms with Gasteiger partial charge in [0.15, 0.2) is 18.7 Å². The van der Waals surface area contributed by atoms with Crippen molar-refractivity contribution in [2.24, 2.45) is 0 Å². The number of likely N-dealkylation sites (tertiary alicyclic amines) is 9. The van der Waals surface area contributed by atoms with E-state index in [1.54, 1.807) is 64.0 Å². The normalized spacial score (nSPS) is 18.0. The average molecular weight is 1960 g/mol. The largest absolute Gasteiger partial charge is 0.478 e. The van der Waals surface area contributed by atoms with Crippen LogP contribution in [0.15, 0.2) is 85.1 Å². The number of aliphatic carboxylic acids is 2. The Morgan fingerprint density at radius 1 is 0.266 bits per heavy atom. The maximum Gasteiger partial charge on any atom is 0.332 e. The van der Waals surface area contributed by atoms with Crippen LogP contribution in [0.25, 0.3) is 0 Å². The molecule has 0 saturated carbocycles. The van der Waals surface area contributed by atoms with Gasteiger partial charge in [-0.1, -0.05) is 25.7 Å². The molecule has 0 spiro atoms. The molecule has 0 aromatic rings. The molecule has 9 aliphatic rings. The van der Waals surface area contributed by atoms with E-state index >= 15 is 0 Å². The summed E-state index contributed by atoms with van der Waals surface area (Å²) in [6.07, 6.45) is 31.3. The lowest BCUT2D eigenvalue weighted by molar-refractivity contribution is -0.159. The van der Waals surface area contributed by atoms with Gasteiger partial charge in [-0.2, -0.15) is 0 Å². The fourth-order valence-electron chi connectivity index (χ4n) is 14.4. The molecule has 9 heterocycles. The lowest BCUT2D eigenvalue weighted by atomic mass is 10.2. The van der Waals surface area contributed by atoms with Crippen molar-refractivity contribution in [3.8, 4) is 0 Å². The second kappa shape index (κ2) is 68.1. The Morgan fingerprint density at radius 2 is 0.496 bits per heavy atom. The minimum atomic E-state index is -1.20. The monoisotopic (exact) mass is 1960 g/mol. The molecule has 139 heavy (non-hydrogen) atoms. The molecule has 9 aliphatic heterocycles. The van der Waals surface area contributed by atoms with Crippen LogP contribution in [0.3, 0.4) is 0 Å². The highest BCUT2D eigenvalue weighted by molar-refractivity contribution is 5.98. The van der Waals surface area contributed by atoms with Crippen LogP contribution in [-0.2, 0) is 148 Å². The maximum absolute atomic E-state index is 11.8. The highest BCUT2D eigenvalue weighted by Crippen LogP contribution is 2.21. The zero-order chi connectivity index (χ0) is 103. The number of carboxylic acid groups (broad SMARTS) is 2. The van der Waals surface area contributed by atoms with Gasteiger partial charge in [-0.25, -0.2) is 47.9 Å². The van der Waals surface area contributed by atoms with Crippen molar-refractivity contribution in [2.75, 3.05) is 133 Å². The zero-order valence-corrected chi connectivity index (χ0v) is 80.5. The van der Waals surface area contributed by atoms with Gasteiger partial charge in [0.2, 0.25) is 76.8 Å². The van der Waals surface area contributed by atoms with Gasteiger partial charge in [0.05, 0.1) is 34.4 Å². The van der Waals surface area contributed by atoms with E-state index in [0.29, 0.717) is 143 Å². The topological polar surface area (TPSA) is 584 Å². The molecule has 9 saturated heterocycles. The first-order chi connectivity index (χ1) is 66.2. The van der Waals surface area contributed by atoms with Crippen molar-refractivity contribution >= 4 is 136 Å². The zero-order valence-electron chi connectivity index (χ0n) is 80.5. The Bertz CT molecular complexity index is 4080. The van der Waals surface area contributed by atoms with Crippen LogP contribution in [0.4, 0.5) is 0 Å². The van der Waals surface area contributed by atoms with Crippen LogP contribution >= 0.6 is 0 Å². The van der Waals surface area contributed by atoms with Gasteiger partial charge in [0.1, 0.15) is 25.5 Å². The molecule has 9 fully saturated rings. The molecule has 0 aromatic carbocycles. The van der Waals surface area contributed by atoms with E-state index in [4.69, 9.17) is 33.9 Å². The van der Waals surface area contributed by atoms with Crippen LogP contribution in [0, 0.1) is 0 Å². The first-order valence-electron chi connectivity index (χ1n) is 46.4. The van der Waals surface area contributed by atoms with E-state index in [2.05, 4.69) is 35.5 Å². The van der Waals surface area contributed by atoms with E-state index in [1.807, 2.05) is 0 Å². The number of ether oxygens (including phenoxy) is 8. The second-order valence-electron chi connectivity index (χ2n) is 32.2. The lowest BCUT2D eigenvalue weighted by Gasteiger charge is -2.24. The number of methoxy groups -OCH3 is 3. The van der Waals surface area contributed by atoms with Crippen molar-refractivity contribution in [1.29, 1.82) is 0 Å². The van der Waals surface area contributed by atoms with Gasteiger partial charge in [-0.15, -0.1) is 0 Å². The molecule has 5 atom stereocenters. The van der Waals surface area contributed by atoms with Crippen LogP contribution in [0.5, 0.6) is 0 Å². The fourth-order valence-corrected chi connectivity index (χ4v) is 14.4. The summed E-state index contributed by atoms with van der Waals surface area (Å²) < 4.78 is 38.0. The van der Waals surface area contributed by atoms with E-state index in [0.717, 1.165) is 207 Å². The van der Waals surface area contributed by atoms with Crippen LogP contribution in [0.2, 0.25) is 0 Å². The number of hydrogen-bond donors (Lipinski definition) is 6. The van der Waals surface area contributed by atoms with Gasteiger partial charge in [0, 0.05) is 228 Å². The number of nitrogens with one attached hydrogen (secondary N) is 4. The first-order valence-corrected chi connectivity index (χ1v) is 46.4. The summed E-state index contributed by atoms with van der Waals surface area (Å²) in [5.74, 6) is -8.98. The van der Waals surface area contributed by atoms with Crippen LogP contribution in [-0.4, -0.2) is 355 Å². The number of esters is 8. The van der Waals surface area contributed by atoms with E-state index in [9.17, 15) is 110 Å². The standard InChI is InChI=1S/C16H23N3O5.C16H22N2O6.C13H20N2O4.C13H19NO5.C12H18N2O4.C12H17NO5.C11H16N2O4/c1-11(18-9-3-5-14(18)21)17-13(20)7-8-16(23)24-12(2)19-10-4-6-15(19)22;1-11(17-9-3-5-13(17)19)23-15(21)7-8-16(22)24-12(2)18-10-4-6-14(18)20;1-19-13(18)7-6-11(16)14-8-10-15-9-4-2-3-5-12(15)17;1-18-12(16)6-7-13(17)19-10-9-14-8-4-2-3-5-11(14)15;15-10(5-6-12(17)18)13-7-9-14-8-3-1-2-4-11(14)16;14-10-4-2-1-3-7-13(10)8-9-18-12(17)6-5-11(15)16;1-8(13-7-3-4-10(13)15)12-9(14)5-6-11(16)17-2/h7-8,11-12H,3-6,9-10H2,1-2H3,(H,17,20);7-8,11-12H,3-6,9-10H2,1-2H3;6-7H,2-5,8-10H2,1H3,(H,14,16);6-7H,2-5,8-10H2,1H3;5-6H,1-4,7-9H2,(H,13,15)(H,17,18);5-6H,1-4,7-9H2,(H,15,16);5-6,8H,3-4,7H2,1-2H3,(H,12,14). The molecule has 46 nitrogen and oxygen atoms in total. The van der Waals surface area contributed by atoms with Gasteiger partial charge < -0.3 is 113 Å². The molecule has 0 aliphatic carbocycles. The molecule has 6 N–H and O–H groups in total. The summed E-state index contributed by atoms with van der Waals surface area (Å²) in [5.41, 5.74) is 0. The third-order valence-electron chi connectivity index (χ3n) is 21.8. The van der Waals surface area contributed by atoms with Crippen LogP contribution < -0.4 is 21.3 Å². The van der Waals surface area contributed by atoms with E-state index in [1.165, 1.54) is 36.0 Å². The minimum Gasteiger partial charge on any atom is -0.478 e. The van der Waals surface area contributed by atoms with E-state index < -0.39 is 102 Å². The molecular weight excluding hydrogens is 1830 g/mol. The summed E-state index contributed by atoms with van der Waals surface area (Å²) >= 11 is 0. The van der Waals surface area contributed by atoms with Gasteiger partial charge >= 0.3 is 59.7 Å². The molecule has 46 heteroatoms. The van der Waals surface area contributed by atoms with Crippen molar-refractivity contribution in [2.45, 2.75) is 233 Å². The number of hydrogen-bond acceptors (Lipinski definition) is 31. The van der Waals surface area contributed by atoms with Crippen molar-refractivity contribution < 1.29 is 158 Å². The maximum atomic E-state index is 11.8. The second-order valence-corrected chi connectivity index (χ2v) is 32.2. The highest BCUT2D eigenvalue weighted by atomic mass is 16.6. The Morgan fingerprint density at radius 3 is 0.777 bits per heavy atom. The summed E-state index contributed by atoms with van der Waals surface area (Å²) in [6.45, 7) is 16.8. The minimum absolute atomic E-state index is 0.00953. The summed E-state index contributed by atoms with van der Waals surface area (Å²) in [5, 5.41) is 27.0. The van der Waals surface area contributed by atoms with Gasteiger partial charge in [0.25, 0.3) is 0 Å². The Labute approximate surface area is 807 Å². The molecule has 5 unspecified atom stereocenters. The van der Waals surface area contributed by atoms with E-state index in [-0.39, 0.29) is 78.5 Å². The quantitative estimate of drug-likeness (QED) is 0.0297. The predicted octanol–water partition coefficient (Wildman–Crippen LogP) is 2.12. The number of carbonyl (C=O) groups is 23. The number of carboxylic acids is 2. The fraction of sp³-hybridized carbons (Fsp3) is 0.602. The number of carbonyl (C=O) groups excluding carboxylic acids is 21. The molecule has 9 rings (SSSR count). The lowest BCUT2D eigenvalue weighted by Crippen LogP contribution is -2.46. The average Bonchev–Trinajstić information content (AvgIpc) is 1.76. The summed E-state index contributed by atoms with van der Waals surface area (Å²) in [7, 11) is 3.70. The Hall–Kier alpha value is -14.0. The van der Waals surface area contributed by atoms with Crippen molar-refractivity contribution in [3.63, 3.8) is 0 Å². The molecular formula is C93H135N13O33. The summed E-state index contributed by atoms with van der Waals surface area (Å²) in [4.78, 5) is 275. The highest BCUT2D eigenvalue weighted by Gasteiger charge is 2.33. The Balaban J connectivity index is 0.000000419. The predicted molar refractivity (Wildman–Crippen MR) is 490 cm³/mol. The first kappa shape index (κ1) is 119. The van der Waals surface area contributed by atoms with Crippen molar-refractivity contribution in [1.82, 2.24) is 65.4 Å². The number of rotatable bonds is 36. The number of nitrogens with zero attached hydrogens (tertiary/aromatic N) is 9. The van der Waals surface area contributed by atoms with Gasteiger partial charge in [-0.3, -0.25) is 62.3 Å².